The van der Waals surface area contributed by atoms with Crippen LogP contribution >= 0.6 is 0 Å². The molecule has 112 valence electrons. The zero-order valence-electron chi connectivity index (χ0n) is 12.4. The molecule has 0 unspecified atom stereocenters. The summed E-state index contributed by atoms with van der Waals surface area (Å²) in [6.07, 6.45) is 2.39. The Balaban J connectivity index is 1.94. The SMILES string of the molecule is Cc1nc2nncn2c(C)c1Cc1ccc(C(=O)NN)cc1. The number of nitrogens with one attached hydrogen (secondary N) is 1. The first-order valence-electron chi connectivity index (χ1n) is 6.86. The van der Waals surface area contributed by atoms with Crippen LogP contribution in [0.5, 0.6) is 0 Å². The maximum absolute atomic E-state index is 11.4. The van der Waals surface area contributed by atoms with Gasteiger partial charge in [-0.1, -0.05) is 12.1 Å². The molecule has 0 fully saturated rings. The average molecular weight is 296 g/mol. The molecule has 3 N–H and O–H groups in total. The van der Waals surface area contributed by atoms with Gasteiger partial charge < -0.3 is 0 Å². The van der Waals surface area contributed by atoms with E-state index in [9.17, 15) is 4.79 Å². The Morgan fingerprint density at radius 3 is 2.68 bits per heavy atom. The van der Waals surface area contributed by atoms with E-state index in [1.54, 1.807) is 18.5 Å². The molecule has 3 aromatic rings. The van der Waals surface area contributed by atoms with Crippen molar-refractivity contribution in [2.24, 2.45) is 5.84 Å². The maximum Gasteiger partial charge on any atom is 0.265 e. The Morgan fingerprint density at radius 1 is 1.27 bits per heavy atom. The fourth-order valence-electron chi connectivity index (χ4n) is 2.48. The zero-order valence-corrected chi connectivity index (χ0v) is 12.4. The molecule has 7 nitrogen and oxygen atoms in total. The zero-order chi connectivity index (χ0) is 15.7. The van der Waals surface area contributed by atoms with E-state index in [1.807, 2.05) is 30.4 Å². The minimum atomic E-state index is -0.300. The van der Waals surface area contributed by atoms with Crippen molar-refractivity contribution >= 4 is 11.7 Å². The van der Waals surface area contributed by atoms with E-state index >= 15 is 0 Å². The monoisotopic (exact) mass is 296 g/mol. The van der Waals surface area contributed by atoms with Gasteiger partial charge in [-0.25, -0.2) is 10.8 Å². The summed E-state index contributed by atoms with van der Waals surface area (Å²) in [4.78, 5) is 15.9. The van der Waals surface area contributed by atoms with Gasteiger partial charge in [-0.05, 0) is 37.1 Å². The molecule has 1 aromatic carbocycles. The first-order valence-corrected chi connectivity index (χ1v) is 6.86. The predicted molar refractivity (Wildman–Crippen MR) is 81.2 cm³/mol. The molecule has 7 heteroatoms. The lowest BCUT2D eigenvalue weighted by molar-refractivity contribution is 0.0953. The van der Waals surface area contributed by atoms with Gasteiger partial charge in [-0.15, -0.1) is 10.2 Å². The highest BCUT2D eigenvalue weighted by atomic mass is 16.2. The highest BCUT2D eigenvalue weighted by molar-refractivity contribution is 5.93. The molecule has 0 aliphatic rings. The van der Waals surface area contributed by atoms with Crippen molar-refractivity contribution in [3.8, 4) is 0 Å². The molecule has 0 aliphatic heterocycles. The lowest BCUT2D eigenvalue weighted by atomic mass is 10.0. The number of nitrogens with zero attached hydrogens (tertiary/aromatic N) is 4. The van der Waals surface area contributed by atoms with Gasteiger partial charge in [-0.3, -0.25) is 14.6 Å². The van der Waals surface area contributed by atoms with Gasteiger partial charge in [-0.2, -0.15) is 0 Å². The van der Waals surface area contributed by atoms with E-state index in [0.717, 1.165) is 28.9 Å². The molecule has 0 aliphatic carbocycles. The Morgan fingerprint density at radius 2 is 2.00 bits per heavy atom. The number of hydrogen-bond donors (Lipinski definition) is 2. The van der Waals surface area contributed by atoms with Crippen LogP contribution in [0.2, 0.25) is 0 Å². The molecule has 2 aromatic heterocycles. The maximum atomic E-state index is 11.4. The van der Waals surface area contributed by atoms with E-state index in [1.165, 1.54) is 0 Å². The summed E-state index contributed by atoms with van der Waals surface area (Å²) >= 11 is 0. The highest BCUT2D eigenvalue weighted by Gasteiger charge is 2.11. The molecule has 1 amide bonds. The first-order chi connectivity index (χ1) is 10.6. The summed E-state index contributed by atoms with van der Waals surface area (Å²) in [5.41, 5.74) is 6.87. The van der Waals surface area contributed by atoms with E-state index in [4.69, 9.17) is 5.84 Å². The van der Waals surface area contributed by atoms with Crippen LogP contribution in [-0.2, 0) is 6.42 Å². The Labute approximate surface area is 127 Å². The van der Waals surface area contributed by atoms with Crippen LogP contribution in [0.3, 0.4) is 0 Å². The number of hydrogen-bond acceptors (Lipinski definition) is 5. The van der Waals surface area contributed by atoms with Gasteiger partial charge in [0.2, 0.25) is 0 Å². The summed E-state index contributed by atoms with van der Waals surface area (Å²) < 4.78 is 1.87. The van der Waals surface area contributed by atoms with Crippen LogP contribution in [0.15, 0.2) is 30.6 Å². The molecule has 0 bridgehead atoms. The van der Waals surface area contributed by atoms with Crippen LogP contribution in [-0.4, -0.2) is 25.5 Å². The lowest BCUT2D eigenvalue weighted by Gasteiger charge is -2.11. The second kappa shape index (κ2) is 5.53. The number of aryl methyl sites for hydroxylation is 2. The molecule has 0 radical (unpaired) electrons. The quantitative estimate of drug-likeness (QED) is 0.426. The Kier molecular flexibility index (Phi) is 3.56. The van der Waals surface area contributed by atoms with Crippen molar-refractivity contribution in [2.45, 2.75) is 20.3 Å². The number of carbonyl (C=O) groups excluding carboxylic acids is 1. The molecular weight excluding hydrogens is 280 g/mol. The van der Waals surface area contributed by atoms with Crippen LogP contribution in [0.4, 0.5) is 0 Å². The third-order valence-corrected chi connectivity index (χ3v) is 3.76. The fraction of sp³-hybridized carbons (Fsp3) is 0.200. The summed E-state index contributed by atoms with van der Waals surface area (Å²) in [5, 5.41) is 7.86. The van der Waals surface area contributed by atoms with E-state index in [0.29, 0.717) is 11.3 Å². The number of amides is 1. The summed E-state index contributed by atoms with van der Waals surface area (Å²) in [6, 6.07) is 7.35. The standard InChI is InChI=1S/C15H16N6O/c1-9-13(10(2)21-8-17-20-15(21)18-9)7-11-3-5-12(6-4-11)14(22)19-16/h3-6,8H,7,16H2,1-2H3,(H,19,22). The van der Waals surface area contributed by atoms with Crippen molar-refractivity contribution < 1.29 is 4.79 Å². The topological polar surface area (TPSA) is 98.2 Å². The third kappa shape index (κ3) is 2.42. The molecule has 0 saturated carbocycles. The normalized spacial score (nSPS) is 10.9. The number of fused-ring (bicyclic) bond motifs is 1. The van der Waals surface area contributed by atoms with Gasteiger partial charge in [0.1, 0.15) is 6.33 Å². The van der Waals surface area contributed by atoms with Gasteiger partial charge in [0.15, 0.2) is 0 Å². The minimum Gasteiger partial charge on any atom is -0.290 e. The van der Waals surface area contributed by atoms with E-state index in [-0.39, 0.29) is 5.91 Å². The van der Waals surface area contributed by atoms with Crippen LogP contribution in [0, 0.1) is 13.8 Å². The largest absolute Gasteiger partial charge is 0.290 e. The average Bonchev–Trinajstić information content (AvgIpc) is 2.99. The van der Waals surface area contributed by atoms with E-state index < -0.39 is 0 Å². The molecule has 22 heavy (non-hydrogen) atoms. The summed E-state index contributed by atoms with van der Waals surface area (Å²) in [5.74, 6) is 5.43. The van der Waals surface area contributed by atoms with Crippen molar-refractivity contribution in [1.82, 2.24) is 25.0 Å². The predicted octanol–water partition coefficient (Wildman–Crippen LogP) is 0.935. The molecule has 3 rings (SSSR count). The van der Waals surface area contributed by atoms with Crippen molar-refractivity contribution in [3.63, 3.8) is 0 Å². The van der Waals surface area contributed by atoms with Gasteiger partial charge in [0.25, 0.3) is 11.7 Å². The highest BCUT2D eigenvalue weighted by Crippen LogP contribution is 2.18. The van der Waals surface area contributed by atoms with Crippen molar-refractivity contribution in [1.29, 1.82) is 0 Å². The van der Waals surface area contributed by atoms with Crippen LogP contribution in [0.1, 0.15) is 32.9 Å². The number of hydrazine groups is 1. The number of benzene rings is 1. The number of rotatable bonds is 3. The smallest absolute Gasteiger partial charge is 0.265 e. The third-order valence-electron chi connectivity index (χ3n) is 3.76. The van der Waals surface area contributed by atoms with Crippen molar-refractivity contribution in [3.05, 3.63) is 58.7 Å². The molecule has 2 heterocycles. The Hall–Kier alpha value is -2.80. The minimum absolute atomic E-state index is 0.300. The number of aromatic nitrogens is 4. The van der Waals surface area contributed by atoms with Crippen LogP contribution in [0.25, 0.3) is 5.78 Å². The molecule has 0 saturated heterocycles. The first kappa shape index (κ1) is 14.2. The lowest BCUT2D eigenvalue weighted by Crippen LogP contribution is -2.29. The second-order valence-corrected chi connectivity index (χ2v) is 5.11. The van der Waals surface area contributed by atoms with Gasteiger partial charge in [0, 0.05) is 23.4 Å². The molecular formula is C15H16N6O. The summed E-state index contributed by atoms with van der Waals surface area (Å²) in [7, 11) is 0. The van der Waals surface area contributed by atoms with Crippen LogP contribution < -0.4 is 11.3 Å². The fourth-order valence-corrected chi connectivity index (χ4v) is 2.48. The van der Waals surface area contributed by atoms with Gasteiger partial charge >= 0.3 is 0 Å². The van der Waals surface area contributed by atoms with Crippen molar-refractivity contribution in [2.75, 3.05) is 0 Å². The molecule has 0 spiro atoms. The van der Waals surface area contributed by atoms with Gasteiger partial charge in [0.05, 0.1) is 0 Å². The number of nitrogens with two attached hydrogens (primary N) is 1. The second-order valence-electron chi connectivity index (χ2n) is 5.11. The number of nitrogen functional groups attached to an aromatic ring is 1. The molecule has 0 atom stereocenters. The summed E-state index contributed by atoms with van der Waals surface area (Å²) in [6.45, 7) is 3.99. The van der Waals surface area contributed by atoms with E-state index in [2.05, 4.69) is 20.6 Å². The number of carbonyl (C=O) groups is 1. The Bertz CT molecular complexity index is 837.